The minimum absolute atomic E-state index is 0.0676. The predicted molar refractivity (Wildman–Crippen MR) is 109 cm³/mol. The van der Waals surface area contributed by atoms with Crippen LogP contribution in [0.5, 0.6) is 0 Å². The summed E-state index contributed by atoms with van der Waals surface area (Å²) in [7, 11) is 0. The smallest absolute Gasteiger partial charge is 0.226 e. The van der Waals surface area contributed by atoms with E-state index in [2.05, 4.69) is 40.2 Å². The van der Waals surface area contributed by atoms with Crippen LogP contribution in [0.4, 0.5) is 5.82 Å². The van der Waals surface area contributed by atoms with Gasteiger partial charge in [-0.2, -0.15) is 5.26 Å². The number of nitrogens with zero attached hydrogens (tertiary/aromatic N) is 4. The maximum atomic E-state index is 13.1. The van der Waals surface area contributed by atoms with Crippen molar-refractivity contribution in [2.45, 2.75) is 39.7 Å². The number of aromatic nitrogens is 1. The molecule has 0 saturated carbocycles. The molecule has 1 amide bonds. The van der Waals surface area contributed by atoms with E-state index < -0.39 is 0 Å². The summed E-state index contributed by atoms with van der Waals surface area (Å²) < 4.78 is 0. The van der Waals surface area contributed by atoms with E-state index in [4.69, 9.17) is 0 Å². The lowest BCUT2D eigenvalue weighted by atomic mass is 9.92. The first-order valence-electron chi connectivity index (χ1n) is 10.1. The van der Waals surface area contributed by atoms with Gasteiger partial charge >= 0.3 is 0 Å². The Morgan fingerprint density at radius 3 is 2.57 bits per heavy atom. The summed E-state index contributed by atoms with van der Waals surface area (Å²) in [6.45, 7) is 7.00. The fraction of sp³-hybridized carbons (Fsp3) is 0.435. The molecule has 4 rings (SSSR count). The average molecular weight is 374 g/mol. The molecule has 1 aromatic carbocycles. The second-order valence-electron chi connectivity index (χ2n) is 7.93. The van der Waals surface area contributed by atoms with Crippen LogP contribution in [0.2, 0.25) is 0 Å². The lowest BCUT2D eigenvalue weighted by Crippen LogP contribution is -2.44. The zero-order chi connectivity index (χ0) is 19.7. The highest BCUT2D eigenvalue weighted by molar-refractivity contribution is 5.79. The highest BCUT2D eigenvalue weighted by atomic mass is 16.2. The zero-order valence-electron chi connectivity index (χ0n) is 16.6. The topological polar surface area (TPSA) is 60.2 Å². The van der Waals surface area contributed by atoms with Crippen molar-refractivity contribution in [3.05, 3.63) is 58.3 Å². The van der Waals surface area contributed by atoms with Crippen LogP contribution in [0.3, 0.4) is 0 Å². The van der Waals surface area contributed by atoms with Crippen LogP contribution < -0.4 is 4.90 Å². The third kappa shape index (κ3) is 3.47. The van der Waals surface area contributed by atoms with Gasteiger partial charge in [-0.15, -0.1) is 0 Å². The minimum Gasteiger partial charge on any atom is -0.355 e. The number of pyridine rings is 1. The quantitative estimate of drug-likeness (QED) is 0.809. The highest BCUT2D eigenvalue weighted by Gasteiger charge is 2.31. The molecule has 0 N–H and O–H groups in total. The van der Waals surface area contributed by atoms with Crippen molar-refractivity contribution < 1.29 is 4.79 Å². The summed E-state index contributed by atoms with van der Waals surface area (Å²) in [4.78, 5) is 21.9. The predicted octanol–water partition coefficient (Wildman–Crippen LogP) is 3.37. The second-order valence-corrected chi connectivity index (χ2v) is 7.93. The summed E-state index contributed by atoms with van der Waals surface area (Å²) in [5.41, 5.74) is 5.19. The van der Waals surface area contributed by atoms with Crippen molar-refractivity contribution in [1.29, 1.82) is 5.26 Å². The van der Waals surface area contributed by atoms with Gasteiger partial charge in [0, 0.05) is 37.8 Å². The number of carbonyl (C=O) groups is 1. The molecule has 5 heteroatoms. The third-order valence-electron chi connectivity index (χ3n) is 6.02. The van der Waals surface area contributed by atoms with Crippen molar-refractivity contribution in [3.63, 3.8) is 0 Å². The largest absolute Gasteiger partial charge is 0.355 e. The first-order valence-corrected chi connectivity index (χ1v) is 10.1. The summed E-state index contributed by atoms with van der Waals surface area (Å²) in [6, 6.07) is 12.7. The number of carbonyl (C=O) groups excluding carboxylic acids is 1. The van der Waals surface area contributed by atoms with Crippen molar-refractivity contribution in [2.24, 2.45) is 5.92 Å². The van der Waals surface area contributed by atoms with Gasteiger partial charge in [0.05, 0.1) is 5.56 Å². The molecule has 2 aliphatic heterocycles. The van der Waals surface area contributed by atoms with Crippen molar-refractivity contribution >= 4 is 11.7 Å². The van der Waals surface area contributed by atoms with Crippen LogP contribution in [0.25, 0.3) is 0 Å². The first kappa shape index (κ1) is 18.5. The molecular weight excluding hydrogens is 348 g/mol. The summed E-state index contributed by atoms with van der Waals surface area (Å²) in [5, 5.41) is 9.53. The van der Waals surface area contributed by atoms with E-state index >= 15 is 0 Å². The number of benzene rings is 1. The lowest BCUT2D eigenvalue weighted by molar-refractivity contribution is -0.137. The van der Waals surface area contributed by atoms with E-state index in [9.17, 15) is 10.1 Å². The third-order valence-corrected chi connectivity index (χ3v) is 6.02. The first-order chi connectivity index (χ1) is 13.6. The maximum absolute atomic E-state index is 13.1. The van der Waals surface area contributed by atoms with Crippen LogP contribution in [0.1, 0.15) is 40.8 Å². The Morgan fingerprint density at radius 1 is 1.14 bits per heavy atom. The molecule has 2 aliphatic rings. The van der Waals surface area contributed by atoms with Crippen LogP contribution in [-0.2, 0) is 17.8 Å². The monoisotopic (exact) mass is 374 g/mol. The number of hydrogen-bond donors (Lipinski definition) is 0. The van der Waals surface area contributed by atoms with Gasteiger partial charge in [-0.25, -0.2) is 4.98 Å². The number of fused-ring (bicyclic) bond motifs is 1. The summed E-state index contributed by atoms with van der Waals surface area (Å²) in [5.74, 6) is 1.12. The number of rotatable bonds is 2. The molecule has 144 valence electrons. The van der Waals surface area contributed by atoms with Crippen molar-refractivity contribution in [1.82, 2.24) is 9.88 Å². The summed E-state index contributed by atoms with van der Waals surface area (Å²) in [6.07, 6.45) is 2.58. The molecule has 0 spiro atoms. The summed E-state index contributed by atoms with van der Waals surface area (Å²) >= 11 is 0. The van der Waals surface area contributed by atoms with Gasteiger partial charge in [0.15, 0.2) is 0 Å². The normalized spacial score (nSPS) is 17.2. The molecule has 0 atom stereocenters. The Balaban J connectivity index is 1.43. The SMILES string of the molecule is Cc1cc(C)c(C#N)c(N2CCC(C(=O)N3CCc4ccccc4C3)CC2)n1. The Labute approximate surface area is 166 Å². The van der Waals surface area contributed by atoms with E-state index in [1.165, 1.54) is 11.1 Å². The molecule has 0 radical (unpaired) electrons. The van der Waals surface area contributed by atoms with Crippen LogP contribution >= 0.6 is 0 Å². The maximum Gasteiger partial charge on any atom is 0.226 e. The Bertz CT molecular complexity index is 938. The molecule has 2 aromatic rings. The zero-order valence-corrected chi connectivity index (χ0v) is 16.6. The number of nitriles is 1. The van der Waals surface area contributed by atoms with Gasteiger partial charge in [0.2, 0.25) is 5.91 Å². The van der Waals surface area contributed by atoms with E-state index in [0.717, 1.165) is 62.5 Å². The number of piperidine rings is 1. The average Bonchev–Trinajstić information content (AvgIpc) is 2.72. The fourth-order valence-electron chi connectivity index (χ4n) is 4.46. The van der Waals surface area contributed by atoms with Crippen LogP contribution in [0, 0.1) is 31.1 Å². The van der Waals surface area contributed by atoms with Gasteiger partial charge in [-0.3, -0.25) is 4.79 Å². The standard InChI is InChI=1S/C23H26N4O/c1-16-13-17(2)25-22(21(16)14-24)26-10-8-19(9-11-26)23(28)27-12-7-18-5-3-4-6-20(18)15-27/h3-6,13,19H,7-12,15H2,1-2H3. The number of hydrogen-bond acceptors (Lipinski definition) is 4. The fourth-order valence-corrected chi connectivity index (χ4v) is 4.46. The molecule has 28 heavy (non-hydrogen) atoms. The van der Waals surface area contributed by atoms with Gasteiger partial charge in [-0.05, 0) is 55.9 Å². The van der Waals surface area contributed by atoms with E-state index in [0.29, 0.717) is 5.56 Å². The molecule has 0 aliphatic carbocycles. The van der Waals surface area contributed by atoms with Crippen LogP contribution in [0.15, 0.2) is 30.3 Å². The number of aryl methyl sites for hydroxylation is 2. The number of amides is 1. The Morgan fingerprint density at radius 2 is 1.86 bits per heavy atom. The molecule has 0 bridgehead atoms. The highest BCUT2D eigenvalue weighted by Crippen LogP contribution is 2.29. The van der Waals surface area contributed by atoms with Gasteiger partial charge in [0.1, 0.15) is 11.9 Å². The minimum atomic E-state index is 0.0676. The Hall–Kier alpha value is -2.87. The van der Waals surface area contributed by atoms with Gasteiger partial charge in [-0.1, -0.05) is 24.3 Å². The molecule has 1 aromatic heterocycles. The van der Waals surface area contributed by atoms with Crippen molar-refractivity contribution in [2.75, 3.05) is 24.5 Å². The van der Waals surface area contributed by atoms with Crippen LogP contribution in [-0.4, -0.2) is 35.4 Å². The molecular formula is C23H26N4O. The molecule has 3 heterocycles. The Kier molecular flexibility index (Phi) is 5.04. The van der Waals surface area contributed by atoms with Gasteiger partial charge < -0.3 is 9.80 Å². The lowest BCUT2D eigenvalue weighted by Gasteiger charge is -2.37. The molecule has 0 unspecified atom stereocenters. The van der Waals surface area contributed by atoms with E-state index in [1.807, 2.05) is 24.8 Å². The second kappa shape index (κ2) is 7.63. The van der Waals surface area contributed by atoms with E-state index in [1.54, 1.807) is 0 Å². The number of anilines is 1. The molecule has 1 fully saturated rings. The van der Waals surface area contributed by atoms with E-state index in [-0.39, 0.29) is 11.8 Å². The molecule has 1 saturated heterocycles. The van der Waals surface area contributed by atoms with Crippen molar-refractivity contribution in [3.8, 4) is 6.07 Å². The van der Waals surface area contributed by atoms with Gasteiger partial charge in [0.25, 0.3) is 0 Å². The molecule has 5 nitrogen and oxygen atoms in total.